The van der Waals surface area contributed by atoms with Crippen molar-refractivity contribution in [2.24, 2.45) is 0 Å². The molecule has 0 spiro atoms. The quantitative estimate of drug-likeness (QED) is 0.798. The van der Waals surface area contributed by atoms with Gasteiger partial charge in [-0.1, -0.05) is 24.3 Å². The number of hydrogen-bond acceptors (Lipinski definition) is 4. The highest BCUT2D eigenvalue weighted by Gasteiger charge is 2.28. The second-order valence-electron chi connectivity index (χ2n) is 6.02. The summed E-state index contributed by atoms with van der Waals surface area (Å²) in [7, 11) is -3.62. The van der Waals surface area contributed by atoms with Gasteiger partial charge in [-0.25, -0.2) is 12.8 Å². The number of ether oxygens (including phenoxy) is 1. The third-order valence-corrected chi connectivity index (χ3v) is 5.28. The summed E-state index contributed by atoms with van der Waals surface area (Å²) in [6.45, 7) is 0.394. The maximum absolute atomic E-state index is 13.0. The summed E-state index contributed by atoms with van der Waals surface area (Å²) in [4.78, 5) is 14.3. The number of benzene rings is 2. The summed E-state index contributed by atoms with van der Waals surface area (Å²) < 4.78 is 43.9. The summed E-state index contributed by atoms with van der Waals surface area (Å²) in [6, 6.07) is 12.7. The van der Waals surface area contributed by atoms with Gasteiger partial charge in [-0.3, -0.25) is 4.79 Å². The Morgan fingerprint density at radius 2 is 1.88 bits per heavy atom. The minimum absolute atomic E-state index is 0.00313. The number of para-hydroxylation sites is 2. The van der Waals surface area contributed by atoms with E-state index in [9.17, 15) is 17.6 Å². The molecule has 26 heavy (non-hydrogen) atoms. The molecule has 1 amide bonds. The molecular weight excluding hydrogens is 359 g/mol. The van der Waals surface area contributed by atoms with E-state index in [1.54, 1.807) is 18.2 Å². The van der Waals surface area contributed by atoms with Gasteiger partial charge in [0.15, 0.2) is 0 Å². The zero-order valence-electron chi connectivity index (χ0n) is 14.3. The minimum Gasteiger partial charge on any atom is -0.490 e. The lowest BCUT2D eigenvalue weighted by atomic mass is 10.2. The first kappa shape index (κ1) is 18.3. The maximum atomic E-state index is 13.0. The van der Waals surface area contributed by atoms with E-state index in [1.165, 1.54) is 29.2 Å². The molecule has 0 saturated carbocycles. The Labute approximate surface area is 151 Å². The first-order chi connectivity index (χ1) is 12.3. The van der Waals surface area contributed by atoms with Gasteiger partial charge in [0.05, 0.1) is 25.0 Å². The Kier molecular flexibility index (Phi) is 5.24. The van der Waals surface area contributed by atoms with Gasteiger partial charge in [-0.2, -0.15) is 4.31 Å². The van der Waals surface area contributed by atoms with Crippen LogP contribution in [-0.2, 0) is 21.4 Å². The minimum atomic E-state index is -3.62. The average molecular weight is 378 g/mol. The predicted molar refractivity (Wildman–Crippen MR) is 95.9 cm³/mol. The van der Waals surface area contributed by atoms with Crippen molar-refractivity contribution in [3.8, 4) is 5.75 Å². The van der Waals surface area contributed by atoms with E-state index in [0.717, 1.165) is 10.6 Å². The number of sulfonamides is 1. The van der Waals surface area contributed by atoms with Crippen LogP contribution in [0.25, 0.3) is 0 Å². The van der Waals surface area contributed by atoms with Crippen molar-refractivity contribution in [1.82, 2.24) is 4.31 Å². The summed E-state index contributed by atoms with van der Waals surface area (Å²) >= 11 is 0. The molecule has 2 aromatic carbocycles. The van der Waals surface area contributed by atoms with Crippen molar-refractivity contribution in [2.45, 2.75) is 6.54 Å². The van der Waals surface area contributed by atoms with Crippen LogP contribution in [0.2, 0.25) is 0 Å². The Morgan fingerprint density at radius 3 is 2.58 bits per heavy atom. The van der Waals surface area contributed by atoms with Crippen LogP contribution in [0.15, 0.2) is 48.5 Å². The Bertz CT molecular complexity index is 900. The van der Waals surface area contributed by atoms with E-state index in [4.69, 9.17) is 4.74 Å². The van der Waals surface area contributed by atoms with Gasteiger partial charge in [0.2, 0.25) is 15.9 Å². The lowest BCUT2D eigenvalue weighted by Gasteiger charge is -2.31. The predicted octanol–water partition coefficient (Wildman–Crippen LogP) is 2.01. The van der Waals surface area contributed by atoms with Crippen LogP contribution in [0.1, 0.15) is 5.56 Å². The summed E-state index contributed by atoms with van der Waals surface area (Å²) in [5, 5.41) is 0. The van der Waals surface area contributed by atoms with Crippen molar-refractivity contribution < 1.29 is 22.3 Å². The number of amides is 1. The standard InChI is InChI=1S/C18H19FN2O4S/c1-26(23,24)20(12-14-6-8-15(19)9-7-14)13-18(22)21-10-11-25-17-5-3-2-4-16(17)21/h2-9H,10-13H2,1H3. The maximum Gasteiger partial charge on any atom is 0.242 e. The number of carbonyl (C=O) groups is 1. The third kappa shape index (κ3) is 4.20. The molecule has 8 heteroatoms. The molecule has 1 heterocycles. The van der Waals surface area contributed by atoms with Crippen LogP contribution in [0.4, 0.5) is 10.1 Å². The smallest absolute Gasteiger partial charge is 0.242 e. The number of fused-ring (bicyclic) bond motifs is 1. The summed E-state index contributed by atoms with van der Waals surface area (Å²) in [5.74, 6) is -0.148. The third-order valence-electron chi connectivity index (χ3n) is 4.08. The lowest BCUT2D eigenvalue weighted by molar-refractivity contribution is -0.119. The monoisotopic (exact) mass is 378 g/mol. The summed E-state index contributed by atoms with van der Waals surface area (Å²) in [5.41, 5.74) is 1.23. The van der Waals surface area contributed by atoms with Crippen molar-refractivity contribution in [1.29, 1.82) is 0 Å². The average Bonchev–Trinajstić information content (AvgIpc) is 2.61. The fourth-order valence-electron chi connectivity index (χ4n) is 2.75. The molecule has 0 unspecified atom stereocenters. The first-order valence-corrected chi connectivity index (χ1v) is 9.91. The molecule has 0 saturated heterocycles. The fourth-order valence-corrected chi connectivity index (χ4v) is 3.48. The molecule has 2 aromatic rings. The molecule has 3 rings (SSSR count). The van der Waals surface area contributed by atoms with E-state index >= 15 is 0 Å². The van der Waals surface area contributed by atoms with Gasteiger partial charge >= 0.3 is 0 Å². The fraction of sp³-hybridized carbons (Fsp3) is 0.278. The Balaban J connectivity index is 1.79. The number of carbonyl (C=O) groups excluding carboxylic acids is 1. The molecule has 6 nitrogen and oxygen atoms in total. The molecule has 1 aliphatic heterocycles. The largest absolute Gasteiger partial charge is 0.490 e. The zero-order valence-corrected chi connectivity index (χ0v) is 15.1. The molecule has 0 atom stereocenters. The number of hydrogen-bond donors (Lipinski definition) is 0. The molecule has 138 valence electrons. The van der Waals surface area contributed by atoms with Crippen LogP contribution >= 0.6 is 0 Å². The molecule has 0 radical (unpaired) electrons. The molecule has 1 aliphatic rings. The molecule has 0 N–H and O–H groups in total. The number of nitrogens with zero attached hydrogens (tertiary/aromatic N) is 2. The highest BCUT2D eigenvalue weighted by Crippen LogP contribution is 2.31. The normalized spacial score (nSPS) is 14.0. The van der Waals surface area contributed by atoms with E-state index in [1.807, 2.05) is 6.07 Å². The highest BCUT2D eigenvalue weighted by atomic mass is 32.2. The molecular formula is C18H19FN2O4S. The van der Waals surface area contributed by atoms with E-state index in [-0.39, 0.29) is 19.0 Å². The van der Waals surface area contributed by atoms with Crippen LogP contribution in [0.5, 0.6) is 5.75 Å². The van der Waals surface area contributed by atoms with Crippen LogP contribution < -0.4 is 9.64 Å². The number of halogens is 1. The van der Waals surface area contributed by atoms with Crippen LogP contribution in [0, 0.1) is 5.82 Å². The van der Waals surface area contributed by atoms with Gasteiger partial charge in [-0.15, -0.1) is 0 Å². The van der Waals surface area contributed by atoms with Crippen LogP contribution in [0.3, 0.4) is 0 Å². The van der Waals surface area contributed by atoms with E-state index in [0.29, 0.717) is 30.2 Å². The highest BCUT2D eigenvalue weighted by molar-refractivity contribution is 7.88. The van der Waals surface area contributed by atoms with Crippen molar-refractivity contribution in [2.75, 3.05) is 30.9 Å². The van der Waals surface area contributed by atoms with Crippen molar-refractivity contribution in [3.05, 3.63) is 59.9 Å². The second-order valence-corrected chi connectivity index (χ2v) is 8.00. The molecule has 0 aliphatic carbocycles. The topological polar surface area (TPSA) is 66.9 Å². The number of rotatable bonds is 5. The Hall–Kier alpha value is -2.45. The lowest BCUT2D eigenvalue weighted by Crippen LogP contribution is -2.45. The number of anilines is 1. The van der Waals surface area contributed by atoms with Crippen LogP contribution in [-0.4, -0.2) is 44.6 Å². The first-order valence-electron chi connectivity index (χ1n) is 8.06. The van der Waals surface area contributed by atoms with Crippen molar-refractivity contribution >= 4 is 21.6 Å². The summed E-state index contributed by atoms with van der Waals surface area (Å²) in [6.07, 6.45) is 1.05. The van der Waals surface area contributed by atoms with Crippen molar-refractivity contribution in [3.63, 3.8) is 0 Å². The van der Waals surface area contributed by atoms with E-state index < -0.39 is 15.8 Å². The van der Waals surface area contributed by atoms with E-state index in [2.05, 4.69) is 0 Å². The van der Waals surface area contributed by atoms with Gasteiger partial charge in [0, 0.05) is 6.54 Å². The second kappa shape index (κ2) is 7.43. The zero-order chi connectivity index (χ0) is 18.7. The molecule has 0 fully saturated rings. The van der Waals surface area contributed by atoms with Gasteiger partial charge in [0.1, 0.15) is 18.2 Å². The van der Waals surface area contributed by atoms with Gasteiger partial charge in [-0.05, 0) is 29.8 Å². The molecule has 0 aromatic heterocycles. The molecule has 0 bridgehead atoms. The van der Waals surface area contributed by atoms with Gasteiger partial charge < -0.3 is 9.64 Å². The Morgan fingerprint density at radius 1 is 1.19 bits per heavy atom. The SMILES string of the molecule is CS(=O)(=O)N(CC(=O)N1CCOc2ccccc21)Cc1ccc(F)cc1. The van der Waals surface area contributed by atoms with Gasteiger partial charge in [0.25, 0.3) is 0 Å².